The van der Waals surface area contributed by atoms with E-state index in [1.165, 1.54) is 0 Å². The van der Waals surface area contributed by atoms with Crippen LogP contribution >= 0.6 is 22.9 Å². The summed E-state index contributed by atoms with van der Waals surface area (Å²) >= 11 is 8.39. The van der Waals surface area contributed by atoms with Crippen molar-refractivity contribution in [1.82, 2.24) is 25.9 Å². The van der Waals surface area contributed by atoms with E-state index < -0.39 is 0 Å². The van der Waals surface area contributed by atoms with Crippen LogP contribution in [0, 0.1) is 11.3 Å². The Morgan fingerprint density at radius 1 is 1.12 bits per heavy atom. The second-order valence-corrected chi connectivity index (χ2v) is 12.9. The first kappa shape index (κ1) is 28.3. The van der Waals surface area contributed by atoms with Gasteiger partial charge in [0.15, 0.2) is 0 Å². The Morgan fingerprint density at radius 2 is 1.90 bits per heavy atom. The topological polar surface area (TPSA) is 91.3 Å². The second kappa shape index (κ2) is 11.8. The lowest BCUT2D eigenvalue weighted by atomic mass is 9.98. The van der Waals surface area contributed by atoms with Crippen LogP contribution in [0.3, 0.4) is 0 Å². The van der Waals surface area contributed by atoms with Crippen LogP contribution in [0.2, 0.25) is 5.02 Å². The SMILES string of the molecule is CC(C)(C)N1CCC(N2C=C([C@@H](Nc3cc(Cl)c4ncc(C#N)c(Nc5ccsc5)c4c3)c3ccccc3)NN2)CC1. The highest BCUT2D eigenvalue weighted by molar-refractivity contribution is 7.08. The average Bonchev–Trinajstić information content (AvgIpc) is 3.69. The van der Waals surface area contributed by atoms with Crippen molar-refractivity contribution in [1.29, 1.82) is 5.26 Å². The van der Waals surface area contributed by atoms with Gasteiger partial charge in [0.1, 0.15) is 6.07 Å². The van der Waals surface area contributed by atoms with Gasteiger partial charge in [0.25, 0.3) is 0 Å². The number of hydrogen-bond donors (Lipinski definition) is 4. The van der Waals surface area contributed by atoms with E-state index in [0.29, 0.717) is 27.8 Å². The Labute approximate surface area is 255 Å². The number of hydrogen-bond acceptors (Lipinski definition) is 9. The number of anilines is 3. The molecule has 0 amide bonds. The van der Waals surface area contributed by atoms with Gasteiger partial charge in [-0.2, -0.15) is 16.6 Å². The molecular weight excluding hydrogens is 564 g/mol. The molecule has 1 saturated heterocycles. The molecule has 0 bridgehead atoms. The van der Waals surface area contributed by atoms with Gasteiger partial charge in [0.2, 0.25) is 0 Å². The van der Waals surface area contributed by atoms with Gasteiger partial charge in [0, 0.05) is 59.2 Å². The van der Waals surface area contributed by atoms with Crippen molar-refractivity contribution in [2.24, 2.45) is 0 Å². The maximum absolute atomic E-state index is 9.86. The minimum atomic E-state index is -0.174. The highest BCUT2D eigenvalue weighted by Crippen LogP contribution is 2.37. The third-order valence-electron chi connectivity index (χ3n) is 8.00. The third kappa shape index (κ3) is 5.90. The molecule has 4 aromatic rings. The summed E-state index contributed by atoms with van der Waals surface area (Å²) in [7, 11) is 0. The Bertz CT molecular complexity index is 1620. The molecular formula is C32H35ClN8S. The fourth-order valence-corrected chi connectivity index (χ4v) is 6.55. The van der Waals surface area contributed by atoms with Crippen LogP contribution in [0.4, 0.5) is 17.1 Å². The van der Waals surface area contributed by atoms with Gasteiger partial charge in [-0.3, -0.25) is 14.9 Å². The van der Waals surface area contributed by atoms with E-state index in [-0.39, 0.29) is 11.6 Å². The number of likely N-dealkylation sites (tertiary alicyclic amines) is 1. The summed E-state index contributed by atoms with van der Waals surface area (Å²) < 4.78 is 0. The van der Waals surface area contributed by atoms with Gasteiger partial charge in [-0.25, -0.2) is 0 Å². The highest BCUT2D eigenvalue weighted by Gasteiger charge is 2.32. The quantitative estimate of drug-likeness (QED) is 0.178. The summed E-state index contributed by atoms with van der Waals surface area (Å²) in [6.45, 7) is 9.01. The number of nitriles is 1. The predicted octanol–water partition coefficient (Wildman–Crippen LogP) is 7.15. The molecule has 1 fully saturated rings. The lowest BCUT2D eigenvalue weighted by Crippen LogP contribution is -2.52. The molecule has 2 aromatic heterocycles. The second-order valence-electron chi connectivity index (χ2n) is 11.8. The maximum atomic E-state index is 9.86. The molecule has 0 unspecified atom stereocenters. The number of thiophene rings is 1. The van der Waals surface area contributed by atoms with Crippen molar-refractivity contribution in [3.63, 3.8) is 0 Å². The lowest BCUT2D eigenvalue weighted by Gasteiger charge is -2.42. The smallest absolute Gasteiger partial charge is 0.103 e. The number of nitrogens with zero attached hydrogens (tertiary/aromatic N) is 4. The Hall–Kier alpha value is -3.81. The number of pyridine rings is 1. The van der Waals surface area contributed by atoms with Gasteiger partial charge in [-0.15, -0.1) is 5.53 Å². The third-order valence-corrected chi connectivity index (χ3v) is 8.98. The van der Waals surface area contributed by atoms with Crippen molar-refractivity contribution in [2.75, 3.05) is 23.7 Å². The predicted molar refractivity (Wildman–Crippen MR) is 172 cm³/mol. The van der Waals surface area contributed by atoms with Crippen molar-refractivity contribution in [3.8, 4) is 6.07 Å². The van der Waals surface area contributed by atoms with E-state index in [0.717, 1.165) is 54.0 Å². The molecule has 10 heteroatoms. The summed E-state index contributed by atoms with van der Waals surface area (Å²) in [6, 6.07) is 18.8. The van der Waals surface area contributed by atoms with E-state index in [4.69, 9.17) is 11.6 Å². The van der Waals surface area contributed by atoms with Crippen LogP contribution in [-0.2, 0) is 0 Å². The van der Waals surface area contributed by atoms with Crippen LogP contribution in [0.15, 0.2) is 77.4 Å². The summed E-state index contributed by atoms with van der Waals surface area (Å²) in [5, 5.41) is 24.5. The van der Waals surface area contributed by atoms with Crippen LogP contribution in [0.5, 0.6) is 0 Å². The number of fused-ring (bicyclic) bond motifs is 1. The highest BCUT2D eigenvalue weighted by atomic mass is 35.5. The zero-order chi connectivity index (χ0) is 29.3. The number of benzene rings is 2. The van der Waals surface area contributed by atoms with Gasteiger partial charge in [0.05, 0.1) is 33.5 Å². The van der Waals surface area contributed by atoms with E-state index in [1.54, 1.807) is 17.5 Å². The van der Waals surface area contributed by atoms with Crippen molar-refractivity contribution in [2.45, 2.75) is 51.2 Å². The normalized spacial score (nSPS) is 17.0. The molecule has 0 aliphatic carbocycles. The van der Waals surface area contributed by atoms with Gasteiger partial charge in [-0.1, -0.05) is 41.9 Å². The fourth-order valence-electron chi connectivity index (χ4n) is 5.70. The minimum absolute atomic E-state index is 0.174. The number of halogens is 1. The molecule has 0 spiro atoms. The molecule has 8 nitrogen and oxygen atoms in total. The first-order chi connectivity index (χ1) is 20.3. The molecule has 42 heavy (non-hydrogen) atoms. The molecule has 4 N–H and O–H groups in total. The molecule has 6 rings (SSSR count). The van der Waals surface area contributed by atoms with E-state index >= 15 is 0 Å². The zero-order valence-corrected chi connectivity index (χ0v) is 25.6. The largest absolute Gasteiger partial charge is 0.373 e. The maximum Gasteiger partial charge on any atom is 0.103 e. The Morgan fingerprint density at radius 3 is 2.60 bits per heavy atom. The monoisotopic (exact) mass is 598 g/mol. The minimum Gasteiger partial charge on any atom is -0.373 e. The summed E-state index contributed by atoms with van der Waals surface area (Å²) in [4.78, 5) is 7.07. The number of hydrazine groups is 2. The van der Waals surface area contributed by atoms with Gasteiger partial charge in [-0.05, 0) is 62.8 Å². The molecule has 2 aliphatic rings. The van der Waals surface area contributed by atoms with Crippen LogP contribution in [-0.4, -0.2) is 39.6 Å². The Kier molecular flexibility index (Phi) is 7.97. The zero-order valence-electron chi connectivity index (χ0n) is 24.0. The molecule has 2 aromatic carbocycles. The standard InChI is InChI=1S/C32H35ClN8S/c1-32(2,3)40-12-9-25(10-13-40)41-19-28(38-39-41)30(21-7-5-4-6-8-21)37-24-15-26-29(36-23-11-14-42-20-23)22(17-34)18-35-31(26)27(33)16-24/h4-8,11,14-16,18-20,25,30,37-39H,9-10,12-13H2,1-3H3,(H,35,36)/t30-/m0/s1. The van der Waals surface area contributed by atoms with Crippen LogP contribution < -0.4 is 21.6 Å². The van der Waals surface area contributed by atoms with Gasteiger partial charge >= 0.3 is 0 Å². The summed E-state index contributed by atoms with van der Waals surface area (Å²) in [5.74, 6) is 0. The van der Waals surface area contributed by atoms with E-state index in [9.17, 15) is 5.26 Å². The molecule has 4 heterocycles. The first-order valence-corrected chi connectivity index (χ1v) is 15.5. The molecule has 0 saturated carbocycles. The number of aromatic nitrogens is 1. The number of nitrogens with one attached hydrogen (secondary N) is 4. The van der Waals surface area contributed by atoms with Crippen LogP contribution in [0.1, 0.15) is 50.8 Å². The Balaban J connectivity index is 1.31. The molecule has 0 radical (unpaired) electrons. The fraction of sp³-hybridized carbons (Fsp3) is 0.312. The first-order valence-electron chi connectivity index (χ1n) is 14.2. The number of rotatable bonds is 7. The van der Waals surface area contributed by atoms with E-state index in [1.807, 2.05) is 47.2 Å². The molecule has 216 valence electrons. The molecule has 1 atom stereocenters. The van der Waals surface area contributed by atoms with Crippen molar-refractivity contribution >= 4 is 50.9 Å². The summed E-state index contributed by atoms with van der Waals surface area (Å²) in [5.41, 5.74) is 12.7. The van der Waals surface area contributed by atoms with Gasteiger partial charge < -0.3 is 16.1 Å². The average molecular weight is 599 g/mol. The lowest BCUT2D eigenvalue weighted by molar-refractivity contribution is 0.0570. The number of piperidine rings is 1. The summed E-state index contributed by atoms with van der Waals surface area (Å²) in [6.07, 6.45) is 5.94. The van der Waals surface area contributed by atoms with Crippen molar-refractivity contribution in [3.05, 3.63) is 93.5 Å². The van der Waals surface area contributed by atoms with E-state index in [2.05, 4.69) is 81.7 Å². The molecule has 2 aliphatic heterocycles. The van der Waals surface area contributed by atoms with Crippen molar-refractivity contribution < 1.29 is 0 Å². The van der Waals surface area contributed by atoms with Crippen LogP contribution in [0.25, 0.3) is 10.9 Å².